The van der Waals surface area contributed by atoms with Gasteiger partial charge in [-0.15, -0.1) is 11.3 Å². The monoisotopic (exact) mass is 250 g/mol. The minimum atomic E-state index is -0.604. The van der Waals surface area contributed by atoms with Gasteiger partial charge in [0.1, 0.15) is 0 Å². The van der Waals surface area contributed by atoms with Crippen LogP contribution < -0.4 is 5.32 Å². The number of hydrogen-bond donors (Lipinski definition) is 1. The third kappa shape index (κ3) is 2.68. The zero-order valence-electron chi connectivity index (χ0n) is 9.24. The van der Waals surface area contributed by atoms with Gasteiger partial charge in [-0.25, -0.2) is 4.39 Å². The molecule has 0 aliphatic rings. The van der Waals surface area contributed by atoms with E-state index >= 15 is 0 Å². The number of nitrogens with zero attached hydrogens (tertiary/aromatic N) is 1. The maximum absolute atomic E-state index is 13.3. The number of thiophene rings is 1. The van der Waals surface area contributed by atoms with E-state index in [0.717, 1.165) is 16.6 Å². The molecule has 0 aromatic carbocycles. The third-order valence-corrected chi connectivity index (χ3v) is 3.42. The van der Waals surface area contributed by atoms with E-state index in [-0.39, 0.29) is 5.56 Å². The highest BCUT2D eigenvalue weighted by molar-refractivity contribution is 7.10. The van der Waals surface area contributed by atoms with Gasteiger partial charge in [0.25, 0.3) is 5.91 Å². The van der Waals surface area contributed by atoms with Crippen LogP contribution in [0.15, 0.2) is 29.9 Å². The number of carbonyl (C=O) groups excluding carboxylic acids is 1. The van der Waals surface area contributed by atoms with Crippen LogP contribution in [0.3, 0.4) is 0 Å². The number of halogens is 1. The smallest absolute Gasteiger partial charge is 0.254 e. The van der Waals surface area contributed by atoms with E-state index in [1.807, 2.05) is 18.4 Å². The number of amides is 1. The highest BCUT2D eigenvalue weighted by Gasteiger charge is 2.11. The Morgan fingerprint density at radius 1 is 1.53 bits per heavy atom. The molecule has 0 atom stereocenters. The Hall–Kier alpha value is -1.75. The van der Waals surface area contributed by atoms with Gasteiger partial charge >= 0.3 is 0 Å². The molecule has 0 aliphatic heterocycles. The average molecular weight is 250 g/mol. The summed E-state index contributed by atoms with van der Waals surface area (Å²) < 4.78 is 13.3. The minimum Gasteiger partial charge on any atom is -0.347 e. The first-order chi connectivity index (χ1) is 8.18. The molecular weight excluding hydrogens is 239 g/mol. The molecule has 0 bridgehead atoms. The molecule has 0 saturated heterocycles. The van der Waals surface area contributed by atoms with Gasteiger partial charge in [0, 0.05) is 11.1 Å². The van der Waals surface area contributed by atoms with E-state index in [2.05, 4.69) is 10.3 Å². The van der Waals surface area contributed by atoms with Crippen LogP contribution in [0.4, 0.5) is 4.39 Å². The molecule has 2 aromatic heterocycles. The van der Waals surface area contributed by atoms with Crippen molar-refractivity contribution < 1.29 is 9.18 Å². The molecule has 88 valence electrons. The highest BCUT2D eigenvalue weighted by Crippen LogP contribution is 2.15. The highest BCUT2D eigenvalue weighted by atomic mass is 32.1. The van der Waals surface area contributed by atoms with Crippen molar-refractivity contribution in [3.63, 3.8) is 0 Å². The predicted octanol–water partition coefficient (Wildman–Crippen LogP) is 2.52. The van der Waals surface area contributed by atoms with Crippen molar-refractivity contribution in [2.45, 2.75) is 13.5 Å². The summed E-state index contributed by atoms with van der Waals surface area (Å²) in [6.45, 7) is 2.40. The first-order valence-electron chi connectivity index (χ1n) is 5.09. The normalized spacial score (nSPS) is 10.2. The number of rotatable bonds is 3. The zero-order valence-corrected chi connectivity index (χ0v) is 10.1. The number of aryl methyl sites for hydroxylation is 1. The van der Waals surface area contributed by atoms with Gasteiger partial charge in [-0.05, 0) is 30.0 Å². The second-order valence-corrected chi connectivity index (χ2v) is 4.57. The number of hydrogen-bond acceptors (Lipinski definition) is 3. The largest absolute Gasteiger partial charge is 0.347 e. The zero-order chi connectivity index (χ0) is 12.3. The van der Waals surface area contributed by atoms with Crippen molar-refractivity contribution in [2.75, 3.05) is 0 Å². The van der Waals surface area contributed by atoms with E-state index < -0.39 is 11.7 Å². The van der Waals surface area contributed by atoms with Crippen LogP contribution in [0, 0.1) is 12.7 Å². The fourth-order valence-electron chi connectivity index (χ4n) is 1.40. The minimum absolute atomic E-state index is 0.0224. The van der Waals surface area contributed by atoms with Crippen LogP contribution in [-0.4, -0.2) is 10.9 Å². The standard InChI is InChI=1S/C12H11FN2OS/c1-8-3-5-17-11(8)7-15-12(16)9-2-4-14-6-10(9)13/h2-6H,7H2,1H3,(H,15,16). The quantitative estimate of drug-likeness (QED) is 0.909. The van der Waals surface area contributed by atoms with Crippen LogP contribution in [0.2, 0.25) is 0 Å². The van der Waals surface area contributed by atoms with Crippen LogP contribution in [-0.2, 0) is 6.54 Å². The van der Waals surface area contributed by atoms with E-state index in [1.165, 1.54) is 12.3 Å². The summed E-state index contributed by atoms with van der Waals surface area (Å²) in [5.41, 5.74) is 1.15. The fourth-order valence-corrected chi connectivity index (χ4v) is 2.25. The Labute approximate surface area is 102 Å². The molecule has 2 rings (SSSR count). The summed E-state index contributed by atoms with van der Waals surface area (Å²) in [6.07, 6.45) is 2.43. The van der Waals surface area contributed by atoms with E-state index in [4.69, 9.17) is 0 Å². The van der Waals surface area contributed by atoms with Gasteiger partial charge in [0.2, 0.25) is 0 Å². The van der Waals surface area contributed by atoms with Crippen molar-refractivity contribution in [3.8, 4) is 0 Å². The molecule has 2 aromatic rings. The van der Waals surface area contributed by atoms with Gasteiger partial charge in [-0.2, -0.15) is 0 Å². The van der Waals surface area contributed by atoms with Gasteiger partial charge in [0.15, 0.2) is 5.82 Å². The van der Waals surface area contributed by atoms with Gasteiger partial charge in [-0.3, -0.25) is 9.78 Å². The lowest BCUT2D eigenvalue weighted by molar-refractivity contribution is 0.0947. The Morgan fingerprint density at radius 3 is 3.00 bits per heavy atom. The Bertz CT molecular complexity index is 539. The molecule has 1 N–H and O–H groups in total. The lowest BCUT2D eigenvalue weighted by Gasteiger charge is -2.05. The number of nitrogens with one attached hydrogen (secondary N) is 1. The molecule has 0 unspecified atom stereocenters. The van der Waals surface area contributed by atoms with Crippen LogP contribution in [0.5, 0.6) is 0 Å². The molecule has 0 spiro atoms. The molecule has 0 saturated carbocycles. The van der Waals surface area contributed by atoms with Crippen LogP contribution in [0.25, 0.3) is 0 Å². The maximum atomic E-state index is 13.3. The molecular formula is C12H11FN2OS. The van der Waals surface area contributed by atoms with Crippen molar-refractivity contribution in [1.82, 2.24) is 10.3 Å². The van der Waals surface area contributed by atoms with Crippen molar-refractivity contribution in [2.24, 2.45) is 0 Å². The van der Waals surface area contributed by atoms with E-state index in [0.29, 0.717) is 6.54 Å². The van der Waals surface area contributed by atoms with Gasteiger partial charge < -0.3 is 5.32 Å². The third-order valence-electron chi connectivity index (χ3n) is 2.39. The topological polar surface area (TPSA) is 42.0 Å². The first-order valence-corrected chi connectivity index (χ1v) is 5.97. The van der Waals surface area contributed by atoms with E-state index in [9.17, 15) is 9.18 Å². The van der Waals surface area contributed by atoms with Crippen molar-refractivity contribution >= 4 is 17.2 Å². The fraction of sp³-hybridized carbons (Fsp3) is 0.167. The summed E-state index contributed by atoms with van der Waals surface area (Å²) in [7, 11) is 0. The molecule has 5 heteroatoms. The molecule has 2 heterocycles. The average Bonchev–Trinajstić information content (AvgIpc) is 2.72. The summed E-state index contributed by atoms with van der Waals surface area (Å²) in [4.78, 5) is 16.4. The second-order valence-electron chi connectivity index (χ2n) is 3.56. The maximum Gasteiger partial charge on any atom is 0.254 e. The number of pyridine rings is 1. The van der Waals surface area contributed by atoms with E-state index in [1.54, 1.807) is 11.3 Å². The SMILES string of the molecule is Cc1ccsc1CNC(=O)c1ccncc1F. The second kappa shape index (κ2) is 5.05. The Kier molecular flexibility index (Phi) is 3.49. The molecule has 0 fully saturated rings. The summed E-state index contributed by atoms with van der Waals surface area (Å²) >= 11 is 1.57. The molecule has 0 radical (unpaired) electrons. The van der Waals surface area contributed by atoms with Gasteiger partial charge in [0.05, 0.1) is 18.3 Å². The van der Waals surface area contributed by atoms with Crippen LogP contribution >= 0.6 is 11.3 Å². The van der Waals surface area contributed by atoms with Crippen molar-refractivity contribution in [1.29, 1.82) is 0 Å². The Morgan fingerprint density at radius 2 is 2.35 bits per heavy atom. The van der Waals surface area contributed by atoms with Crippen molar-refractivity contribution in [3.05, 3.63) is 51.7 Å². The summed E-state index contributed by atoms with van der Waals surface area (Å²) in [6, 6.07) is 3.35. The Balaban J connectivity index is 2.04. The van der Waals surface area contributed by atoms with Gasteiger partial charge in [-0.1, -0.05) is 0 Å². The molecule has 0 aliphatic carbocycles. The lowest BCUT2D eigenvalue weighted by Crippen LogP contribution is -2.23. The summed E-state index contributed by atoms with van der Waals surface area (Å²) in [5, 5.41) is 4.65. The molecule has 3 nitrogen and oxygen atoms in total. The first kappa shape index (κ1) is 11.7. The predicted molar refractivity (Wildman–Crippen MR) is 64.4 cm³/mol. The number of carbonyl (C=O) groups is 1. The number of aromatic nitrogens is 1. The lowest BCUT2D eigenvalue weighted by atomic mass is 10.2. The molecule has 1 amide bonds. The summed E-state index contributed by atoms with van der Waals surface area (Å²) in [5.74, 6) is -1.02. The molecule has 17 heavy (non-hydrogen) atoms. The van der Waals surface area contributed by atoms with Crippen LogP contribution in [0.1, 0.15) is 20.8 Å².